The summed E-state index contributed by atoms with van der Waals surface area (Å²) in [6, 6.07) is 11.4. The lowest BCUT2D eigenvalue weighted by Gasteiger charge is -2.24. The smallest absolute Gasteiger partial charge is 0.338 e. The number of carbonyl (C=O) groups is 1. The third-order valence-electron chi connectivity index (χ3n) is 5.34. The van der Waals surface area contributed by atoms with Crippen molar-refractivity contribution in [2.75, 3.05) is 18.6 Å². The van der Waals surface area contributed by atoms with Crippen molar-refractivity contribution >= 4 is 33.8 Å². The van der Waals surface area contributed by atoms with Gasteiger partial charge >= 0.3 is 5.97 Å². The topological polar surface area (TPSA) is 68.5 Å². The number of anilines is 1. The molecule has 0 atom stereocenters. The summed E-state index contributed by atoms with van der Waals surface area (Å²) in [5, 5.41) is 0.655. The number of nitrogens with zero attached hydrogens (tertiary/aromatic N) is 3. The molecule has 0 amide bonds. The Hall–Kier alpha value is -3.48. The highest BCUT2D eigenvalue weighted by Crippen LogP contribution is 2.34. The van der Waals surface area contributed by atoms with Crippen LogP contribution in [0.1, 0.15) is 45.0 Å². The minimum absolute atomic E-state index is 0.121. The molecule has 4 rings (SSSR count). The number of esters is 1. The number of carbonyl (C=O) groups excluding carboxylic acids is 1. The Morgan fingerprint density at radius 1 is 1.09 bits per heavy atom. The average molecular weight is 450 g/mol. The third-order valence-corrected chi connectivity index (χ3v) is 5.34. The highest BCUT2D eigenvalue weighted by atomic mass is 19.1. The molecule has 33 heavy (non-hydrogen) atoms. The number of benzene rings is 2. The molecule has 172 valence electrons. The van der Waals surface area contributed by atoms with Gasteiger partial charge in [-0.15, -0.1) is 0 Å². The fraction of sp³-hybridized carbons (Fsp3) is 0.346. The Bertz CT molecular complexity index is 1340. The third kappa shape index (κ3) is 4.82. The lowest BCUT2D eigenvalue weighted by molar-refractivity contribution is 0.0367. The van der Waals surface area contributed by atoms with Crippen LogP contribution in [-0.4, -0.2) is 35.6 Å². The molecule has 4 aromatic rings. The number of halogens is 1. The predicted octanol–water partition coefficient (Wildman–Crippen LogP) is 6.23. The summed E-state index contributed by atoms with van der Waals surface area (Å²) < 4.78 is 25.1. The molecule has 0 fully saturated rings. The van der Waals surface area contributed by atoms with E-state index in [9.17, 15) is 9.18 Å². The van der Waals surface area contributed by atoms with Gasteiger partial charge in [0.25, 0.3) is 0 Å². The Labute approximate surface area is 192 Å². The van der Waals surface area contributed by atoms with Gasteiger partial charge in [0.1, 0.15) is 17.1 Å². The maximum atomic E-state index is 13.7. The first-order valence-electron chi connectivity index (χ1n) is 10.9. The number of rotatable bonds is 5. The highest BCUT2D eigenvalue weighted by molar-refractivity contribution is 5.95. The molecule has 2 aromatic carbocycles. The first-order valence-corrected chi connectivity index (χ1v) is 10.9. The predicted molar refractivity (Wildman–Crippen MR) is 128 cm³/mol. The van der Waals surface area contributed by atoms with Crippen LogP contribution in [0.5, 0.6) is 0 Å². The van der Waals surface area contributed by atoms with Crippen LogP contribution in [0.2, 0.25) is 0 Å². The van der Waals surface area contributed by atoms with E-state index in [2.05, 4.69) is 0 Å². The van der Waals surface area contributed by atoms with E-state index in [0.29, 0.717) is 51.4 Å². The SMILES string of the molecule is CC(C)N(C)c1nc2cc(C(=O)OCC(C)(C)C)ccc2nc1-c1cc2cc(F)ccc2o1. The van der Waals surface area contributed by atoms with Gasteiger partial charge in [-0.25, -0.2) is 19.2 Å². The number of ether oxygens (including phenoxy) is 1. The lowest BCUT2D eigenvalue weighted by atomic mass is 9.99. The molecule has 6 nitrogen and oxygen atoms in total. The number of furan rings is 1. The Morgan fingerprint density at radius 3 is 2.55 bits per heavy atom. The molecule has 0 aliphatic rings. The minimum atomic E-state index is -0.393. The highest BCUT2D eigenvalue weighted by Gasteiger charge is 2.21. The normalized spacial score (nSPS) is 12.0. The zero-order chi connectivity index (χ0) is 23.9. The summed E-state index contributed by atoms with van der Waals surface area (Å²) >= 11 is 0. The largest absolute Gasteiger partial charge is 0.462 e. The van der Waals surface area contributed by atoms with E-state index >= 15 is 0 Å². The van der Waals surface area contributed by atoms with Crippen molar-refractivity contribution in [3.8, 4) is 11.5 Å². The molecule has 0 saturated carbocycles. The van der Waals surface area contributed by atoms with Crippen LogP contribution in [0.15, 0.2) is 46.9 Å². The fourth-order valence-electron chi connectivity index (χ4n) is 3.32. The summed E-state index contributed by atoms with van der Waals surface area (Å²) in [6.07, 6.45) is 0. The average Bonchev–Trinajstić information content (AvgIpc) is 3.18. The zero-order valence-electron chi connectivity index (χ0n) is 19.8. The number of hydrogen-bond acceptors (Lipinski definition) is 6. The Morgan fingerprint density at radius 2 is 1.85 bits per heavy atom. The number of hydrogen-bond donors (Lipinski definition) is 0. The second-order valence-corrected chi connectivity index (χ2v) is 9.73. The molecule has 2 aromatic heterocycles. The van der Waals surface area contributed by atoms with Gasteiger partial charge in [0.15, 0.2) is 11.6 Å². The van der Waals surface area contributed by atoms with E-state index in [1.54, 1.807) is 30.3 Å². The van der Waals surface area contributed by atoms with E-state index < -0.39 is 5.97 Å². The van der Waals surface area contributed by atoms with E-state index in [1.165, 1.54) is 12.1 Å². The molecule has 0 aliphatic heterocycles. The first kappa shape index (κ1) is 22.7. The molecular formula is C26H28FN3O3. The number of aromatic nitrogens is 2. The molecular weight excluding hydrogens is 421 g/mol. The second kappa shape index (κ2) is 8.46. The maximum Gasteiger partial charge on any atom is 0.338 e. The van der Waals surface area contributed by atoms with Gasteiger partial charge in [-0.1, -0.05) is 20.8 Å². The van der Waals surface area contributed by atoms with Crippen LogP contribution >= 0.6 is 0 Å². The molecule has 0 saturated heterocycles. The first-order chi connectivity index (χ1) is 15.5. The minimum Gasteiger partial charge on any atom is -0.462 e. The van der Waals surface area contributed by atoms with Gasteiger partial charge in [0.2, 0.25) is 0 Å². The van der Waals surface area contributed by atoms with E-state index in [0.717, 1.165) is 0 Å². The zero-order valence-corrected chi connectivity index (χ0v) is 19.8. The van der Waals surface area contributed by atoms with Crippen LogP contribution in [0.4, 0.5) is 10.2 Å². The van der Waals surface area contributed by atoms with Crippen LogP contribution in [-0.2, 0) is 4.74 Å². The van der Waals surface area contributed by atoms with Crippen molar-refractivity contribution in [3.63, 3.8) is 0 Å². The quantitative estimate of drug-likeness (QED) is 0.337. The van der Waals surface area contributed by atoms with Crippen molar-refractivity contribution in [1.82, 2.24) is 9.97 Å². The molecule has 2 heterocycles. The van der Waals surface area contributed by atoms with E-state index in [-0.39, 0.29) is 17.3 Å². The van der Waals surface area contributed by atoms with Gasteiger partial charge < -0.3 is 14.1 Å². The molecule has 0 spiro atoms. The summed E-state index contributed by atoms with van der Waals surface area (Å²) in [4.78, 5) is 24.2. The van der Waals surface area contributed by atoms with Gasteiger partial charge in [-0.3, -0.25) is 0 Å². The molecule has 0 N–H and O–H groups in total. The van der Waals surface area contributed by atoms with Crippen molar-refractivity contribution in [3.05, 3.63) is 53.8 Å². The van der Waals surface area contributed by atoms with Crippen molar-refractivity contribution in [2.24, 2.45) is 5.41 Å². The standard InChI is InChI=1S/C26H28FN3O3/c1-15(2)30(6)24-23(22-13-17-11-18(27)8-10-21(17)33-22)28-19-9-7-16(12-20(19)29-24)25(31)32-14-26(3,4)5/h7-13,15H,14H2,1-6H3. The summed E-state index contributed by atoms with van der Waals surface area (Å²) in [6.45, 7) is 10.4. The summed E-state index contributed by atoms with van der Waals surface area (Å²) in [7, 11) is 1.92. The Kier molecular flexibility index (Phi) is 5.82. The van der Waals surface area contributed by atoms with Gasteiger partial charge in [-0.2, -0.15) is 0 Å². The van der Waals surface area contributed by atoms with Gasteiger partial charge in [-0.05, 0) is 61.7 Å². The monoisotopic (exact) mass is 449 g/mol. The maximum absolute atomic E-state index is 13.7. The lowest BCUT2D eigenvalue weighted by Crippen LogP contribution is -2.27. The molecule has 0 radical (unpaired) electrons. The molecule has 0 unspecified atom stereocenters. The summed E-state index contributed by atoms with van der Waals surface area (Å²) in [5.74, 6) is 0.388. The van der Waals surface area contributed by atoms with Gasteiger partial charge in [0.05, 0.1) is 23.2 Å². The van der Waals surface area contributed by atoms with Crippen molar-refractivity contribution in [2.45, 2.75) is 40.7 Å². The molecule has 0 bridgehead atoms. The van der Waals surface area contributed by atoms with Crippen molar-refractivity contribution in [1.29, 1.82) is 0 Å². The second-order valence-electron chi connectivity index (χ2n) is 9.73. The van der Waals surface area contributed by atoms with Gasteiger partial charge in [0, 0.05) is 18.5 Å². The Balaban J connectivity index is 1.81. The molecule has 0 aliphatic carbocycles. The fourth-order valence-corrected chi connectivity index (χ4v) is 3.32. The summed E-state index contributed by atoms with van der Waals surface area (Å²) in [5.41, 5.74) is 2.62. The van der Waals surface area contributed by atoms with E-state index in [1.807, 2.05) is 46.6 Å². The van der Waals surface area contributed by atoms with Crippen molar-refractivity contribution < 1.29 is 18.3 Å². The van der Waals surface area contributed by atoms with Crippen LogP contribution in [0.25, 0.3) is 33.5 Å². The van der Waals surface area contributed by atoms with Crippen LogP contribution in [0, 0.1) is 11.2 Å². The van der Waals surface area contributed by atoms with E-state index in [4.69, 9.17) is 19.1 Å². The van der Waals surface area contributed by atoms with Crippen LogP contribution in [0.3, 0.4) is 0 Å². The molecule has 7 heteroatoms. The number of fused-ring (bicyclic) bond motifs is 2. The van der Waals surface area contributed by atoms with Crippen LogP contribution < -0.4 is 4.90 Å².